The van der Waals surface area contributed by atoms with Crippen LogP contribution in [0.25, 0.3) is 0 Å². The third-order valence-corrected chi connectivity index (χ3v) is 1.97. The first-order chi connectivity index (χ1) is 6.59. The third-order valence-electron chi connectivity index (χ3n) is 1.69. The second-order valence-electron chi connectivity index (χ2n) is 3.53. The minimum absolute atomic E-state index is 0.303. The Kier molecular flexibility index (Phi) is 4.10. The topological polar surface area (TPSA) is 41.0 Å². The van der Waals surface area contributed by atoms with Crippen LogP contribution in [0.1, 0.15) is 6.92 Å². The van der Waals surface area contributed by atoms with Gasteiger partial charge in [0, 0.05) is 12.6 Å². The molecule has 4 nitrogen and oxygen atoms in total. The molecule has 0 amide bonds. The van der Waals surface area contributed by atoms with E-state index in [0.29, 0.717) is 16.9 Å². The zero-order valence-electron chi connectivity index (χ0n) is 8.66. The van der Waals surface area contributed by atoms with Gasteiger partial charge in [0.15, 0.2) is 0 Å². The molecular formula is C9H15ClN4. The van der Waals surface area contributed by atoms with Gasteiger partial charge in [-0.05, 0) is 21.0 Å². The number of nitrogens with zero attached hydrogens (tertiary/aromatic N) is 3. The molecule has 5 heteroatoms. The van der Waals surface area contributed by atoms with E-state index >= 15 is 0 Å². The van der Waals surface area contributed by atoms with E-state index in [-0.39, 0.29) is 0 Å². The van der Waals surface area contributed by atoms with Crippen molar-refractivity contribution in [2.75, 3.05) is 26.0 Å². The Morgan fingerprint density at radius 3 is 2.86 bits per heavy atom. The van der Waals surface area contributed by atoms with Crippen LogP contribution in [0.4, 0.5) is 5.82 Å². The molecule has 0 aromatic carbocycles. The van der Waals surface area contributed by atoms with E-state index in [0.717, 1.165) is 6.54 Å². The minimum Gasteiger partial charge on any atom is -0.365 e. The fourth-order valence-electron chi connectivity index (χ4n) is 1.25. The van der Waals surface area contributed by atoms with Crippen LogP contribution in [0, 0.1) is 0 Å². The van der Waals surface area contributed by atoms with Crippen molar-refractivity contribution in [1.82, 2.24) is 14.9 Å². The number of hydrogen-bond donors (Lipinski definition) is 1. The van der Waals surface area contributed by atoms with Gasteiger partial charge in [0.05, 0.1) is 6.20 Å². The number of anilines is 1. The van der Waals surface area contributed by atoms with Gasteiger partial charge in [-0.3, -0.25) is 0 Å². The lowest BCUT2D eigenvalue weighted by Crippen LogP contribution is -2.30. The van der Waals surface area contributed by atoms with Crippen molar-refractivity contribution in [1.29, 1.82) is 0 Å². The molecule has 0 aliphatic carbocycles. The first-order valence-electron chi connectivity index (χ1n) is 4.46. The first kappa shape index (κ1) is 11.2. The fraction of sp³-hybridized carbons (Fsp3) is 0.556. The lowest BCUT2D eigenvalue weighted by atomic mass is 10.3. The molecule has 1 aromatic heterocycles. The van der Waals surface area contributed by atoms with E-state index in [9.17, 15) is 0 Å². The molecule has 0 radical (unpaired) electrons. The molecule has 1 aromatic rings. The zero-order valence-corrected chi connectivity index (χ0v) is 9.41. The van der Waals surface area contributed by atoms with Gasteiger partial charge in [0.2, 0.25) is 0 Å². The second-order valence-corrected chi connectivity index (χ2v) is 3.93. The van der Waals surface area contributed by atoms with Gasteiger partial charge < -0.3 is 10.2 Å². The molecule has 1 N–H and O–H groups in total. The van der Waals surface area contributed by atoms with Gasteiger partial charge in [-0.15, -0.1) is 0 Å². The zero-order chi connectivity index (χ0) is 10.6. The summed E-state index contributed by atoms with van der Waals surface area (Å²) in [6, 6.07) is 0.303. The van der Waals surface area contributed by atoms with Crippen molar-refractivity contribution >= 4 is 17.4 Å². The summed E-state index contributed by atoms with van der Waals surface area (Å²) in [6.07, 6.45) is 3.07. The molecule has 78 valence electrons. The van der Waals surface area contributed by atoms with Crippen LogP contribution >= 0.6 is 11.6 Å². The van der Waals surface area contributed by atoms with Gasteiger partial charge in [-0.25, -0.2) is 9.97 Å². The Bertz CT molecular complexity index is 290. The number of hydrogen-bond acceptors (Lipinski definition) is 4. The largest absolute Gasteiger partial charge is 0.365 e. The maximum Gasteiger partial charge on any atom is 0.148 e. The number of halogens is 1. The van der Waals surface area contributed by atoms with Gasteiger partial charge in [0.25, 0.3) is 0 Å². The molecule has 0 spiro atoms. The Hall–Kier alpha value is -0.870. The lowest BCUT2D eigenvalue weighted by molar-refractivity contribution is 0.392. The lowest BCUT2D eigenvalue weighted by Gasteiger charge is -2.18. The highest BCUT2D eigenvalue weighted by atomic mass is 35.5. The van der Waals surface area contributed by atoms with Crippen LogP contribution in [0.3, 0.4) is 0 Å². The summed E-state index contributed by atoms with van der Waals surface area (Å²) >= 11 is 5.90. The van der Waals surface area contributed by atoms with E-state index in [4.69, 9.17) is 11.6 Å². The molecule has 1 heterocycles. The van der Waals surface area contributed by atoms with Crippen LogP contribution in [-0.2, 0) is 0 Å². The molecule has 0 saturated carbocycles. The molecule has 0 bridgehead atoms. The summed E-state index contributed by atoms with van der Waals surface area (Å²) in [5.74, 6) is 0.691. The van der Waals surface area contributed by atoms with Gasteiger partial charge in [-0.1, -0.05) is 11.6 Å². The number of nitrogens with one attached hydrogen (secondary N) is 1. The van der Waals surface area contributed by atoms with E-state index in [1.165, 1.54) is 6.33 Å². The van der Waals surface area contributed by atoms with Crippen LogP contribution in [0.15, 0.2) is 12.5 Å². The molecule has 0 aliphatic rings. The third kappa shape index (κ3) is 3.47. The SMILES string of the molecule is C[C@@H](CN(C)C)Nc1ncncc1Cl. The summed E-state index contributed by atoms with van der Waals surface area (Å²) in [6.45, 7) is 3.01. The van der Waals surface area contributed by atoms with Crippen LogP contribution < -0.4 is 5.32 Å². The summed E-state index contributed by atoms with van der Waals surface area (Å²) in [5, 5.41) is 3.77. The summed E-state index contributed by atoms with van der Waals surface area (Å²) in [4.78, 5) is 9.98. The molecule has 0 saturated heterocycles. The Labute approximate surface area is 89.3 Å². The monoisotopic (exact) mass is 214 g/mol. The smallest absolute Gasteiger partial charge is 0.148 e. The van der Waals surface area contributed by atoms with Crippen molar-refractivity contribution in [3.63, 3.8) is 0 Å². The second kappa shape index (κ2) is 5.12. The Morgan fingerprint density at radius 2 is 2.29 bits per heavy atom. The fourth-order valence-corrected chi connectivity index (χ4v) is 1.41. The van der Waals surface area contributed by atoms with Crippen LogP contribution in [0.5, 0.6) is 0 Å². The summed E-state index contributed by atoms with van der Waals surface area (Å²) in [7, 11) is 4.06. The molecular weight excluding hydrogens is 200 g/mol. The van der Waals surface area contributed by atoms with E-state index in [1.807, 2.05) is 14.1 Å². The molecule has 0 fully saturated rings. The minimum atomic E-state index is 0.303. The van der Waals surface area contributed by atoms with Gasteiger partial charge in [-0.2, -0.15) is 0 Å². The van der Waals surface area contributed by atoms with Crippen LogP contribution in [0.2, 0.25) is 5.02 Å². The number of aromatic nitrogens is 2. The molecule has 0 unspecified atom stereocenters. The molecule has 1 atom stereocenters. The van der Waals surface area contributed by atoms with E-state index < -0.39 is 0 Å². The Balaban J connectivity index is 2.56. The molecule has 0 aliphatic heterocycles. The summed E-state index contributed by atoms with van der Waals surface area (Å²) in [5.41, 5.74) is 0. The van der Waals surface area contributed by atoms with Crippen molar-refractivity contribution in [2.45, 2.75) is 13.0 Å². The maximum absolute atomic E-state index is 5.90. The standard InChI is InChI=1S/C9H15ClN4/c1-7(5-14(2)3)13-9-8(10)4-11-6-12-9/h4,6-7H,5H2,1-3H3,(H,11,12,13)/t7-/m0/s1. The highest BCUT2D eigenvalue weighted by Crippen LogP contribution is 2.16. The van der Waals surface area contributed by atoms with Crippen molar-refractivity contribution < 1.29 is 0 Å². The van der Waals surface area contributed by atoms with E-state index in [1.54, 1.807) is 6.20 Å². The Morgan fingerprint density at radius 1 is 1.57 bits per heavy atom. The summed E-state index contributed by atoms with van der Waals surface area (Å²) < 4.78 is 0. The van der Waals surface area contributed by atoms with Crippen LogP contribution in [-0.4, -0.2) is 41.5 Å². The number of likely N-dealkylation sites (N-methyl/N-ethyl adjacent to an activating group) is 1. The van der Waals surface area contributed by atoms with E-state index in [2.05, 4.69) is 27.1 Å². The average molecular weight is 215 g/mol. The number of rotatable bonds is 4. The van der Waals surface area contributed by atoms with Gasteiger partial charge >= 0.3 is 0 Å². The van der Waals surface area contributed by atoms with Crippen molar-refractivity contribution in [3.05, 3.63) is 17.5 Å². The average Bonchev–Trinajstić information content (AvgIpc) is 2.07. The first-order valence-corrected chi connectivity index (χ1v) is 4.84. The predicted octanol–water partition coefficient (Wildman–Crippen LogP) is 1.49. The highest BCUT2D eigenvalue weighted by Gasteiger charge is 2.06. The maximum atomic E-state index is 5.90. The molecule has 14 heavy (non-hydrogen) atoms. The van der Waals surface area contributed by atoms with Gasteiger partial charge in [0.1, 0.15) is 17.2 Å². The quantitative estimate of drug-likeness (QED) is 0.825. The van der Waals surface area contributed by atoms with Crippen molar-refractivity contribution in [2.24, 2.45) is 0 Å². The highest BCUT2D eigenvalue weighted by molar-refractivity contribution is 6.32. The van der Waals surface area contributed by atoms with Crippen molar-refractivity contribution in [3.8, 4) is 0 Å². The predicted molar refractivity (Wildman–Crippen MR) is 58.7 cm³/mol. The normalized spacial score (nSPS) is 12.9. The molecule has 1 rings (SSSR count).